The van der Waals surface area contributed by atoms with Crippen LogP contribution >= 0.6 is 11.3 Å². The molecule has 1 atom stereocenters. The molecule has 0 aromatic carbocycles. The second-order valence-electron chi connectivity index (χ2n) is 4.70. The molecule has 1 aromatic heterocycles. The van der Waals surface area contributed by atoms with Crippen molar-refractivity contribution in [2.24, 2.45) is 0 Å². The van der Waals surface area contributed by atoms with Crippen LogP contribution in [0, 0.1) is 0 Å². The number of anilines is 1. The van der Waals surface area contributed by atoms with Crippen molar-refractivity contribution in [3.63, 3.8) is 0 Å². The van der Waals surface area contributed by atoms with Crippen molar-refractivity contribution >= 4 is 28.9 Å². The normalized spacial score (nSPS) is 23.3. The summed E-state index contributed by atoms with van der Waals surface area (Å²) in [5.41, 5.74) is 0.969. The van der Waals surface area contributed by atoms with Crippen LogP contribution < -0.4 is 4.90 Å². The summed E-state index contributed by atoms with van der Waals surface area (Å²) >= 11 is 1.26. The summed E-state index contributed by atoms with van der Waals surface area (Å²) in [5.74, 6) is -0.614. The summed E-state index contributed by atoms with van der Waals surface area (Å²) in [6.07, 6.45) is 1.58. The van der Waals surface area contributed by atoms with Crippen LogP contribution in [0.5, 0.6) is 0 Å². The summed E-state index contributed by atoms with van der Waals surface area (Å²) in [4.78, 5) is 27.0. The molecular weight excluding hydrogens is 252 g/mol. The molecule has 0 aliphatic carbocycles. The maximum atomic E-state index is 11.6. The zero-order chi connectivity index (χ0) is 12.7. The molecule has 1 unspecified atom stereocenters. The summed E-state index contributed by atoms with van der Waals surface area (Å²) in [5, 5.41) is 10.8. The lowest BCUT2D eigenvalue weighted by Gasteiger charge is -2.38. The van der Waals surface area contributed by atoms with E-state index in [1.807, 2.05) is 10.3 Å². The molecule has 2 aliphatic rings. The van der Waals surface area contributed by atoms with Gasteiger partial charge in [0.2, 0.25) is 5.91 Å². The van der Waals surface area contributed by atoms with Crippen LogP contribution in [-0.4, -0.2) is 47.6 Å². The lowest BCUT2D eigenvalue weighted by molar-refractivity contribution is -0.129. The van der Waals surface area contributed by atoms with Gasteiger partial charge in [0.1, 0.15) is 4.88 Å². The van der Waals surface area contributed by atoms with Crippen LogP contribution in [0.4, 0.5) is 5.69 Å². The standard InChI is InChI=1S/C12H14N2O3S/c15-11-2-1-8-6-13(3-4-14(8)11)9-5-10(12(16)17)18-7-9/h5,7-8H,1-4,6H2,(H,16,17). The molecular formula is C12H14N2O3S. The molecule has 1 amide bonds. The van der Waals surface area contributed by atoms with Crippen molar-refractivity contribution in [1.82, 2.24) is 4.90 Å². The molecule has 2 fully saturated rings. The maximum absolute atomic E-state index is 11.6. The van der Waals surface area contributed by atoms with E-state index in [0.717, 1.165) is 31.7 Å². The van der Waals surface area contributed by atoms with Crippen molar-refractivity contribution < 1.29 is 14.7 Å². The minimum absolute atomic E-state index is 0.260. The second-order valence-corrected chi connectivity index (χ2v) is 5.61. The third-order valence-electron chi connectivity index (χ3n) is 3.66. The van der Waals surface area contributed by atoms with Crippen molar-refractivity contribution in [3.05, 3.63) is 16.3 Å². The Morgan fingerprint density at radius 1 is 1.44 bits per heavy atom. The number of carboxylic acids is 1. The predicted molar refractivity (Wildman–Crippen MR) is 68.2 cm³/mol. The highest BCUT2D eigenvalue weighted by Gasteiger charge is 2.35. The van der Waals surface area contributed by atoms with Gasteiger partial charge in [-0.2, -0.15) is 0 Å². The van der Waals surface area contributed by atoms with E-state index in [9.17, 15) is 9.59 Å². The van der Waals surface area contributed by atoms with Gasteiger partial charge in [-0.15, -0.1) is 11.3 Å². The van der Waals surface area contributed by atoms with Crippen LogP contribution in [0.25, 0.3) is 0 Å². The smallest absolute Gasteiger partial charge is 0.345 e. The van der Waals surface area contributed by atoms with Gasteiger partial charge < -0.3 is 14.9 Å². The second kappa shape index (κ2) is 4.28. The number of amides is 1. The third-order valence-corrected chi connectivity index (χ3v) is 4.56. The van der Waals surface area contributed by atoms with Crippen molar-refractivity contribution in [2.45, 2.75) is 18.9 Å². The number of nitrogens with zero attached hydrogens (tertiary/aromatic N) is 2. The molecule has 6 heteroatoms. The number of rotatable bonds is 2. The molecule has 0 bridgehead atoms. The molecule has 2 saturated heterocycles. The SMILES string of the molecule is O=C(O)c1cc(N2CCN3C(=O)CCC3C2)cs1. The van der Waals surface area contributed by atoms with Crippen LogP contribution in [0.15, 0.2) is 11.4 Å². The highest BCUT2D eigenvalue weighted by atomic mass is 32.1. The van der Waals surface area contributed by atoms with E-state index in [4.69, 9.17) is 5.11 Å². The number of hydrogen-bond acceptors (Lipinski definition) is 4. The zero-order valence-electron chi connectivity index (χ0n) is 9.83. The van der Waals surface area contributed by atoms with E-state index < -0.39 is 5.97 Å². The van der Waals surface area contributed by atoms with Gasteiger partial charge in [0.05, 0.1) is 0 Å². The van der Waals surface area contributed by atoms with E-state index in [1.165, 1.54) is 11.3 Å². The predicted octanol–water partition coefficient (Wildman–Crippen LogP) is 1.26. The Hall–Kier alpha value is -1.56. The first-order chi connectivity index (χ1) is 8.65. The van der Waals surface area contributed by atoms with Gasteiger partial charge in [-0.05, 0) is 12.5 Å². The molecule has 3 heterocycles. The first-order valence-corrected chi connectivity index (χ1v) is 6.89. The van der Waals surface area contributed by atoms with Crippen molar-refractivity contribution in [2.75, 3.05) is 24.5 Å². The average Bonchev–Trinajstić information content (AvgIpc) is 2.96. The highest BCUT2D eigenvalue weighted by molar-refractivity contribution is 7.12. The molecule has 96 valence electrons. The molecule has 0 saturated carbocycles. The number of thiophene rings is 1. The molecule has 3 rings (SSSR count). The van der Waals surface area contributed by atoms with Crippen molar-refractivity contribution in [3.8, 4) is 0 Å². The van der Waals surface area contributed by atoms with Crippen molar-refractivity contribution in [1.29, 1.82) is 0 Å². The number of fused-ring (bicyclic) bond motifs is 1. The summed E-state index contributed by atoms with van der Waals surface area (Å²) < 4.78 is 0. The van der Waals surface area contributed by atoms with Gasteiger partial charge >= 0.3 is 5.97 Å². The number of carboxylic acid groups (broad SMARTS) is 1. The fourth-order valence-corrected chi connectivity index (χ4v) is 3.46. The van der Waals surface area contributed by atoms with Gasteiger partial charge in [-0.1, -0.05) is 0 Å². The maximum Gasteiger partial charge on any atom is 0.345 e. The Bertz CT molecular complexity index is 499. The summed E-state index contributed by atoms with van der Waals surface area (Å²) in [7, 11) is 0. The minimum atomic E-state index is -0.874. The Morgan fingerprint density at radius 2 is 2.28 bits per heavy atom. The molecule has 0 spiro atoms. The number of carbonyl (C=O) groups excluding carboxylic acids is 1. The molecule has 5 nitrogen and oxygen atoms in total. The fourth-order valence-electron chi connectivity index (χ4n) is 2.70. The van der Waals surface area contributed by atoms with Crippen LogP contribution in [0.1, 0.15) is 22.5 Å². The number of piperazine rings is 1. The van der Waals surface area contributed by atoms with Gasteiger partial charge in [-0.3, -0.25) is 4.79 Å². The monoisotopic (exact) mass is 266 g/mol. The lowest BCUT2D eigenvalue weighted by atomic mass is 10.1. The first-order valence-electron chi connectivity index (χ1n) is 6.01. The van der Waals surface area contributed by atoms with Gasteiger partial charge in [0, 0.05) is 43.2 Å². The Balaban J connectivity index is 1.74. The zero-order valence-corrected chi connectivity index (χ0v) is 10.7. The largest absolute Gasteiger partial charge is 0.477 e. The van der Waals surface area contributed by atoms with Crippen LogP contribution in [0.3, 0.4) is 0 Å². The summed E-state index contributed by atoms with van der Waals surface area (Å²) in [6, 6.07) is 2.03. The number of aromatic carboxylic acids is 1. The average molecular weight is 266 g/mol. The number of hydrogen-bond donors (Lipinski definition) is 1. The Morgan fingerprint density at radius 3 is 3.00 bits per heavy atom. The van der Waals surface area contributed by atoms with Gasteiger partial charge in [-0.25, -0.2) is 4.79 Å². The molecule has 18 heavy (non-hydrogen) atoms. The first kappa shape index (κ1) is 11.5. The molecule has 0 radical (unpaired) electrons. The van der Waals surface area contributed by atoms with E-state index in [-0.39, 0.29) is 5.91 Å². The minimum Gasteiger partial charge on any atom is -0.477 e. The fraction of sp³-hybridized carbons (Fsp3) is 0.500. The Kier molecular flexibility index (Phi) is 2.74. The molecule has 2 aliphatic heterocycles. The summed E-state index contributed by atoms with van der Waals surface area (Å²) in [6.45, 7) is 2.36. The van der Waals surface area contributed by atoms with E-state index >= 15 is 0 Å². The van der Waals surface area contributed by atoms with Crippen LogP contribution in [0.2, 0.25) is 0 Å². The molecule has 1 N–H and O–H groups in total. The van der Waals surface area contributed by atoms with E-state index in [0.29, 0.717) is 17.3 Å². The van der Waals surface area contributed by atoms with Gasteiger partial charge in [0.15, 0.2) is 0 Å². The van der Waals surface area contributed by atoms with E-state index in [2.05, 4.69) is 4.90 Å². The third kappa shape index (κ3) is 1.86. The quantitative estimate of drug-likeness (QED) is 0.875. The lowest BCUT2D eigenvalue weighted by Crippen LogP contribution is -2.51. The topological polar surface area (TPSA) is 60.9 Å². The Labute approximate surface area is 109 Å². The molecule has 1 aromatic rings. The number of carbonyl (C=O) groups is 2. The van der Waals surface area contributed by atoms with E-state index in [1.54, 1.807) is 6.07 Å². The highest BCUT2D eigenvalue weighted by Crippen LogP contribution is 2.29. The van der Waals surface area contributed by atoms with Crippen LogP contribution in [-0.2, 0) is 4.79 Å². The van der Waals surface area contributed by atoms with Gasteiger partial charge in [0.25, 0.3) is 0 Å².